The molecule has 8 heteroatoms. The Morgan fingerprint density at radius 3 is 2.79 bits per heavy atom. The van der Waals surface area contributed by atoms with Gasteiger partial charge in [0.05, 0.1) is 12.7 Å². The number of hydrogen-bond acceptors (Lipinski definition) is 5. The van der Waals surface area contributed by atoms with Gasteiger partial charge in [-0.2, -0.15) is 13.8 Å². The van der Waals surface area contributed by atoms with Crippen LogP contribution in [0, 0.1) is 0 Å². The van der Waals surface area contributed by atoms with Crippen molar-refractivity contribution in [2.24, 2.45) is 0 Å². The summed E-state index contributed by atoms with van der Waals surface area (Å²) in [6.45, 7) is 0. The van der Waals surface area contributed by atoms with Crippen molar-refractivity contribution in [1.82, 2.24) is 10.1 Å². The van der Waals surface area contributed by atoms with E-state index in [0.29, 0.717) is 5.56 Å². The Morgan fingerprint density at radius 2 is 2.21 bits per heavy atom. The summed E-state index contributed by atoms with van der Waals surface area (Å²) < 4.78 is 34.8. The van der Waals surface area contributed by atoms with Gasteiger partial charge in [-0.15, -0.1) is 0 Å². The number of halogens is 3. The normalized spacial score (nSPS) is 11.4. The predicted molar refractivity (Wildman–Crippen MR) is 63.9 cm³/mol. The minimum atomic E-state index is -3.39. The van der Waals surface area contributed by atoms with Crippen molar-refractivity contribution in [3.8, 4) is 11.4 Å². The van der Waals surface area contributed by atoms with Gasteiger partial charge in [-0.05, 0) is 12.1 Å². The van der Waals surface area contributed by atoms with Gasteiger partial charge in [-0.1, -0.05) is 17.3 Å². The third-order valence-corrected chi connectivity index (χ3v) is 2.55. The number of hydrogen-bond donors (Lipinski definition) is 0. The van der Waals surface area contributed by atoms with Crippen LogP contribution >= 0.6 is 15.9 Å². The van der Waals surface area contributed by atoms with Gasteiger partial charge >= 0.3 is 16.7 Å². The number of benzene rings is 1. The maximum atomic E-state index is 12.9. The van der Waals surface area contributed by atoms with Crippen molar-refractivity contribution in [2.45, 2.75) is 4.83 Å². The zero-order valence-electron chi connectivity index (χ0n) is 9.56. The van der Waals surface area contributed by atoms with Gasteiger partial charge < -0.3 is 9.26 Å². The van der Waals surface area contributed by atoms with Crippen molar-refractivity contribution >= 4 is 21.9 Å². The molecule has 1 aromatic heterocycles. The molecule has 0 aliphatic heterocycles. The van der Waals surface area contributed by atoms with Gasteiger partial charge in [0.15, 0.2) is 0 Å². The lowest BCUT2D eigenvalue weighted by Crippen LogP contribution is -2.02. The lowest BCUT2D eigenvalue weighted by Gasteiger charge is -2.00. The number of ether oxygens (including phenoxy) is 1. The summed E-state index contributed by atoms with van der Waals surface area (Å²) in [4.78, 5) is 11.5. The highest BCUT2D eigenvalue weighted by Crippen LogP contribution is 2.34. The summed E-state index contributed by atoms with van der Waals surface area (Å²) in [5, 5.41) is 3.43. The third kappa shape index (κ3) is 2.95. The van der Waals surface area contributed by atoms with Crippen LogP contribution in [0.5, 0.6) is 0 Å². The van der Waals surface area contributed by atoms with Crippen molar-refractivity contribution in [3.05, 3.63) is 35.7 Å². The minimum Gasteiger partial charge on any atom is -0.465 e. The molecule has 2 aromatic rings. The number of carbonyl (C=O) groups excluding carboxylic acids is 1. The molecule has 1 aromatic carbocycles. The quantitative estimate of drug-likeness (QED) is 0.638. The number of nitrogens with zero attached hydrogens (tertiary/aromatic N) is 2. The molecule has 19 heavy (non-hydrogen) atoms. The van der Waals surface area contributed by atoms with E-state index in [1.54, 1.807) is 12.1 Å². The molecule has 0 N–H and O–H groups in total. The van der Waals surface area contributed by atoms with Gasteiger partial charge in [0.25, 0.3) is 0 Å². The van der Waals surface area contributed by atoms with Crippen molar-refractivity contribution in [1.29, 1.82) is 0 Å². The van der Waals surface area contributed by atoms with E-state index in [1.807, 2.05) is 0 Å². The molecule has 100 valence electrons. The van der Waals surface area contributed by atoms with Crippen molar-refractivity contribution in [2.75, 3.05) is 7.11 Å². The van der Waals surface area contributed by atoms with E-state index in [2.05, 4.69) is 35.3 Å². The second-order valence-corrected chi connectivity index (χ2v) is 4.49. The van der Waals surface area contributed by atoms with Crippen LogP contribution in [0.3, 0.4) is 0 Å². The standard InChI is InChI=1S/C11H7BrF2N2O3/c1-18-9(17)7-4-2-3-6(5-7)8-15-10(19-16-8)11(12,13)14/h2-5H,1H3. The highest BCUT2D eigenvalue weighted by atomic mass is 79.9. The molecule has 2 rings (SSSR count). The van der Waals surface area contributed by atoms with Crippen LogP contribution in [-0.4, -0.2) is 23.2 Å². The molecular formula is C11H7BrF2N2O3. The number of aromatic nitrogens is 2. The minimum absolute atomic E-state index is 0.0418. The third-order valence-electron chi connectivity index (χ3n) is 2.21. The topological polar surface area (TPSA) is 65.2 Å². The van der Waals surface area contributed by atoms with Crippen LogP contribution in [0.15, 0.2) is 28.8 Å². The first kappa shape index (κ1) is 13.6. The summed E-state index contributed by atoms with van der Waals surface area (Å²) in [7, 11) is 1.24. The lowest BCUT2D eigenvalue weighted by atomic mass is 10.1. The fourth-order valence-electron chi connectivity index (χ4n) is 1.36. The molecule has 0 saturated carbocycles. The van der Waals surface area contributed by atoms with Gasteiger partial charge in [-0.25, -0.2) is 4.79 Å². The summed E-state index contributed by atoms with van der Waals surface area (Å²) in [6, 6.07) is 6.07. The Kier molecular flexibility index (Phi) is 3.61. The summed E-state index contributed by atoms with van der Waals surface area (Å²) in [5.74, 6) is -1.44. The van der Waals surface area contributed by atoms with E-state index < -0.39 is 16.7 Å². The number of alkyl halides is 3. The molecule has 0 fully saturated rings. The van der Waals surface area contributed by atoms with E-state index in [4.69, 9.17) is 0 Å². The average Bonchev–Trinajstić information content (AvgIpc) is 2.87. The summed E-state index contributed by atoms with van der Waals surface area (Å²) in [6.07, 6.45) is 0. The zero-order chi connectivity index (χ0) is 14.0. The summed E-state index contributed by atoms with van der Waals surface area (Å²) in [5.41, 5.74) is 0.631. The smallest absolute Gasteiger partial charge is 0.378 e. The van der Waals surface area contributed by atoms with Gasteiger partial charge in [0, 0.05) is 21.5 Å². The molecule has 0 atom stereocenters. The molecule has 0 bridgehead atoms. The molecule has 1 heterocycles. The maximum Gasteiger partial charge on any atom is 0.378 e. The van der Waals surface area contributed by atoms with E-state index >= 15 is 0 Å². The fraction of sp³-hybridized carbons (Fsp3) is 0.182. The van der Waals surface area contributed by atoms with Crippen LogP contribution in [0.2, 0.25) is 0 Å². The summed E-state index contributed by atoms with van der Waals surface area (Å²) >= 11 is 2.12. The average molecular weight is 333 g/mol. The Labute approximate surface area is 114 Å². The van der Waals surface area contributed by atoms with Crippen molar-refractivity contribution < 1.29 is 22.8 Å². The predicted octanol–water partition coefficient (Wildman–Crippen LogP) is 2.97. The molecule has 0 radical (unpaired) electrons. The van der Waals surface area contributed by atoms with E-state index in [1.165, 1.54) is 19.2 Å². The molecule has 0 saturated heterocycles. The number of carbonyl (C=O) groups is 1. The zero-order valence-corrected chi connectivity index (χ0v) is 11.1. The van der Waals surface area contributed by atoms with Crippen molar-refractivity contribution in [3.63, 3.8) is 0 Å². The van der Waals surface area contributed by atoms with Crippen LogP contribution in [0.1, 0.15) is 16.2 Å². The second kappa shape index (κ2) is 5.04. The first-order valence-corrected chi connectivity index (χ1v) is 5.81. The van der Waals surface area contributed by atoms with Crippen LogP contribution < -0.4 is 0 Å². The molecular weight excluding hydrogens is 326 g/mol. The van der Waals surface area contributed by atoms with Gasteiger partial charge in [0.1, 0.15) is 0 Å². The largest absolute Gasteiger partial charge is 0.465 e. The molecule has 0 spiro atoms. The van der Waals surface area contributed by atoms with Gasteiger partial charge in [-0.3, -0.25) is 0 Å². The van der Waals surface area contributed by atoms with Crippen LogP contribution in [0.4, 0.5) is 8.78 Å². The highest BCUT2D eigenvalue weighted by molar-refractivity contribution is 9.09. The monoisotopic (exact) mass is 332 g/mol. The Hall–Kier alpha value is -1.83. The molecule has 0 unspecified atom stereocenters. The van der Waals surface area contributed by atoms with E-state index in [9.17, 15) is 13.6 Å². The SMILES string of the molecule is COC(=O)c1cccc(-c2noc(C(F)(F)Br)n2)c1. The molecule has 5 nitrogen and oxygen atoms in total. The first-order chi connectivity index (χ1) is 8.91. The molecule has 0 aliphatic carbocycles. The van der Waals surface area contributed by atoms with E-state index in [0.717, 1.165) is 0 Å². The van der Waals surface area contributed by atoms with E-state index in [-0.39, 0.29) is 11.4 Å². The number of methoxy groups -OCH3 is 1. The fourth-order valence-corrected chi connectivity index (χ4v) is 1.52. The second-order valence-electron chi connectivity index (χ2n) is 3.49. The first-order valence-electron chi connectivity index (χ1n) is 5.01. The number of esters is 1. The Balaban J connectivity index is 2.37. The molecule has 0 amide bonds. The highest BCUT2D eigenvalue weighted by Gasteiger charge is 2.34. The Bertz CT molecular complexity index is 610. The molecule has 0 aliphatic rings. The van der Waals surface area contributed by atoms with Crippen LogP contribution in [0.25, 0.3) is 11.4 Å². The van der Waals surface area contributed by atoms with Crippen LogP contribution in [-0.2, 0) is 9.57 Å². The maximum absolute atomic E-state index is 12.9. The Morgan fingerprint density at radius 1 is 1.47 bits per heavy atom. The lowest BCUT2D eigenvalue weighted by molar-refractivity contribution is 0.0600. The van der Waals surface area contributed by atoms with Gasteiger partial charge in [0.2, 0.25) is 5.82 Å². The number of rotatable bonds is 3.